The van der Waals surface area contributed by atoms with Crippen LogP contribution in [0.2, 0.25) is 0 Å². The van der Waals surface area contributed by atoms with Crippen LogP contribution in [0.1, 0.15) is 64.3 Å². The molecule has 3 rings (SSSR count). The van der Waals surface area contributed by atoms with Crippen molar-refractivity contribution in [2.45, 2.75) is 70.4 Å². The summed E-state index contributed by atoms with van der Waals surface area (Å²) in [7, 11) is 0. The van der Waals surface area contributed by atoms with Gasteiger partial charge in [-0.25, -0.2) is 0 Å². The summed E-state index contributed by atoms with van der Waals surface area (Å²) in [6, 6.07) is 5.19. The Labute approximate surface area is 128 Å². The van der Waals surface area contributed by atoms with E-state index in [9.17, 15) is 4.79 Å². The first kappa shape index (κ1) is 14.7. The molecule has 1 heterocycles. The minimum absolute atomic E-state index is 0.242. The molecule has 2 saturated carbocycles. The molecule has 3 nitrogen and oxygen atoms in total. The summed E-state index contributed by atoms with van der Waals surface area (Å²) in [5, 5.41) is 3.34. The Morgan fingerprint density at radius 1 is 1.00 bits per heavy atom. The zero-order valence-corrected chi connectivity index (χ0v) is 13.1. The van der Waals surface area contributed by atoms with Crippen molar-refractivity contribution in [3.63, 3.8) is 0 Å². The largest absolute Gasteiger partial charge is 0.353 e. The van der Waals surface area contributed by atoms with E-state index < -0.39 is 0 Å². The Kier molecular flexibility index (Phi) is 4.67. The molecule has 0 aliphatic heterocycles. The van der Waals surface area contributed by atoms with Crippen LogP contribution in [0.3, 0.4) is 0 Å². The molecule has 0 aromatic carbocycles. The summed E-state index contributed by atoms with van der Waals surface area (Å²) < 4.78 is 2.30. The second-order valence-electron chi connectivity index (χ2n) is 7.01. The van der Waals surface area contributed by atoms with E-state index in [2.05, 4.69) is 41.3 Å². The van der Waals surface area contributed by atoms with Crippen LogP contribution in [-0.2, 0) is 4.79 Å². The standard InChI is InChI=1S/C18H28N2O/c1-14-6-2-3-7-17(14)19-18(21)15-8-10-16(11-9-15)20-12-4-5-13-20/h4-5,12-17H,2-3,6-11H2,1H3,(H,19,21)/t14-,15?,16?,17-/m1/s1. The lowest BCUT2D eigenvalue weighted by Crippen LogP contribution is -2.44. The highest BCUT2D eigenvalue weighted by molar-refractivity contribution is 5.79. The summed E-state index contributed by atoms with van der Waals surface area (Å²) in [5.41, 5.74) is 0. The van der Waals surface area contributed by atoms with Crippen LogP contribution in [-0.4, -0.2) is 16.5 Å². The topological polar surface area (TPSA) is 34.0 Å². The second kappa shape index (κ2) is 6.67. The maximum absolute atomic E-state index is 12.5. The normalized spacial score (nSPS) is 33.6. The summed E-state index contributed by atoms with van der Waals surface area (Å²) in [6.07, 6.45) is 13.7. The Balaban J connectivity index is 1.48. The molecule has 2 atom stereocenters. The molecule has 0 saturated heterocycles. The van der Waals surface area contributed by atoms with Crippen LogP contribution in [0, 0.1) is 11.8 Å². The molecule has 2 aliphatic carbocycles. The Morgan fingerprint density at radius 3 is 2.33 bits per heavy atom. The van der Waals surface area contributed by atoms with Gasteiger partial charge in [0.15, 0.2) is 0 Å². The van der Waals surface area contributed by atoms with Crippen LogP contribution >= 0.6 is 0 Å². The summed E-state index contributed by atoms with van der Waals surface area (Å²) in [4.78, 5) is 12.5. The molecule has 1 amide bonds. The lowest BCUT2D eigenvalue weighted by molar-refractivity contribution is -0.127. The van der Waals surface area contributed by atoms with E-state index in [1.165, 1.54) is 25.7 Å². The van der Waals surface area contributed by atoms with E-state index in [0.29, 0.717) is 23.9 Å². The third-order valence-corrected chi connectivity index (χ3v) is 5.56. The van der Waals surface area contributed by atoms with Gasteiger partial charge in [0.1, 0.15) is 0 Å². The van der Waals surface area contributed by atoms with Crippen molar-refractivity contribution >= 4 is 5.91 Å². The predicted octanol–water partition coefficient (Wildman–Crippen LogP) is 3.91. The molecule has 2 aliphatic rings. The highest BCUT2D eigenvalue weighted by Gasteiger charge is 2.29. The van der Waals surface area contributed by atoms with E-state index in [1.807, 2.05) is 0 Å². The predicted molar refractivity (Wildman–Crippen MR) is 85.0 cm³/mol. The molecular weight excluding hydrogens is 260 g/mol. The van der Waals surface area contributed by atoms with Gasteiger partial charge < -0.3 is 9.88 Å². The van der Waals surface area contributed by atoms with Gasteiger partial charge in [-0.1, -0.05) is 19.8 Å². The smallest absolute Gasteiger partial charge is 0.223 e. The van der Waals surface area contributed by atoms with Gasteiger partial charge in [0.2, 0.25) is 5.91 Å². The Morgan fingerprint density at radius 2 is 1.67 bits per heavy atom. The minimum atomic E-state index is 0.242. The van der Waals surface area contributed by atoms with E-state index in [1.54, 1.807) is 0 Å². The van der Waals surface area contributed by atoms with E-state index in [4.69, 9.17) is 0 Å². The van der Waals surface area contributed by atoms with Crippen molar-refractivity contribution in [3.05, 3.63) is 24.5 Å². The van der Waals surface area contributed by atoms with Crippen LogP contribution in [0.15, 0.2) is 24.5 Å². The molecule has 0 unspecified atom stereocenters. The van der Waals surface area contributed by atoms with Crippen molar-refractivity contribution in [3.8, 4) is 0 Å². The lowest BCUT2D eigenvalue weighted by Gasteiger charge is -2.33. The summed E-state index contributed by atoms with van der Waals surface area (Å²) >= 11 is 0. The zero-order valence-electron chi connectivity index (χ0n) is 13.1. The van der Waals surface area contributed by atoms with Gasteiger partial charge in [-0.3, -0.25) is 4.79 Å². The lowest BCUT2D eigenvalue weighted by atomic mass is 9.83. The van der Waals surface area contributed by atoms with Gasteiger partial charge >= 0.3 is 0 Å². The highest BCUT2D eigenvalue weighted by atomic mass is 16.1. The van der Waals surface area contributed by atoms with E-state index in [-0.39, 0.29) is 5.92 Å². The van der Waals surface area contributed by atoms with Gasteiger partial charge in [0.25, 0.3) is 0 Å². The van der Waals surface area contributed by atoms with Gasteiger partial charge in [-0.2, -0.15) is 0 Å². The SMILES string of the molecule is C[C@@H]1CCCC[C@H]1NC(=O)C1CCC(n2cccc2)CC1. The Hall–Kier alpha value is -1.25. The van der Waals surface area contributed by atoms with Crippen LogP contribution in [0.5, 0.6) is 0 Å². The second-order valence-corrected chi connectivity index (χ2v) is 7.01. The number of carbonyl (C=O) groups is 1. The number of rotatable bonds is 3. The third kappa shape index (κ3) is 3.50. The van der Waals surface area contributed by atoms with Gasteiger partial charge in [-0.05, 0) is 56.6 Å². The number of hydrogen-bond acceptors (Lipinski definition) is 1. The van der Waals surface area contributed by atoms with Crippen LogP contribution in [0.4, 0.5) is 0 Å². The van der Waals surface area contributed by atoms with Crippen molar-refractivity contribution in [1.29, 1.82) is 0 Å². The van der Waals surface area contributed by atoms with Gasteiger partial charge in [-0.15, -0.1) is 0 Å². The number of carbonyl (C=O) groups excluding carboxylic acids is 1. The van der Waals surface area contributed by atoms with Crippen LogP contribution in [0.25, 0.3) is 0 Å². The maximum Gasteiger partial charge on any atom is 0.223 e. The maximum atomic E-state index is 12.5. The molecule has 3 heteroatoms. The fourth-order valence-electron chi connectivity index (χ4n) is 4.06. The minimum Gasteiger partial charge on any atom is -0.353 e. The number of hydrogen-bond donors (Lipinski definition) is 1. The zero-order chi connectivity index (χ0) is 14.7. The first-order valence-corrected chi connectivity index (χ1v) is 8.67. The molecule has 1 N–H and O–H groups in total. The molecule has 0 radical (unpaired) electrons. The molecule has 21 heavy (non-hydrogen) atoms. The number of amides is 1. The summed E-state index contributed by atoms with van der Waals surface area (Å²) in [6.45, 7) is 2.28. The fraction of sp³-hybridized carbons (Fsp3) is 0.722. The molecule has 2 fully saturated rings. The number of aromatic nitrogens is 1. The number of nitrogens with zero attached hydrogens (tertiary/aromatic N) is 1. The van der Waals surface area contributed by atoms with Crippen molar-refractivity contribution in [1.82, 2.24) is 9.88 Å². The van der Waals surface area contributed by atoms with Crippen LogP contribution < -0.4 is 5.32 Å². The molecular formula is C18H28N2O. The third-order valence-electron chi connectivity index (χ3n) is 5.56. The first-order chi connectivity index (χ1) is 10.2. The average molecular weight is 288 g/mol. The first-order valence-electron chi connectivity index (χ1n) is 8.67. The molecule has 0 bridgehead atoms. The monoisotopic (exact) mass is 288 g/mol. The van der Waals surface area contributed by atoms with Gasteiger partial charge in [0.05, 0.1) is 0 Å². The highest BCUT2D eigenvalue weighted by Crippen LogP contribution is 2.33. The molecule has 1 aromatic heterocycles. The molecule has 1 aromatic rings. The Bertz CT molecular complexity index is 446. The van der Waals surface area contributed by atoms with Crippen molar-refractivity contribution < 1.29 is 4.79 Å². The fourth-order valence-corrected chi connectivity index (χ4v) is 4.06. The van der Waals surface area contributed by atoms with E-state index >= 15 is 0 Å². The summed E-state index contributed by atoms with van der Waals surface area (Å²) in [5.74, 6) is 1.21. The molecule has 0 spiro atoms. The molecule has 116 valence electrons. The quantitative estimate of drug-likeness (QED) is 0.899. The van der Waals surface area contributed by atoms with E-state index in [0.717, 1.165) is 25.7 Å². The van der Waals surface area contributed by atoms with Gasteiger partial charge in [0, 0.05) is 30.4 Å². The van der Waals surface area contributed by atoms with Crippen molar-refractivity contribution in [2.24, 2.45) is 11.8 Å². The van der Waals surface area contributed by atoms with Crippen molar-refractivity contribution in [2.75, 3.05) is 0 Å². The number of nitrogens with one attached hydrogen (secondary N) is 1. The average Bonchev–Trinajstić information content (AvgIpc) is 3.04.